The summed E-state index contributed by atoms with van der Waals surface area (Å²) in [4.78, 5) is 17.2. The van der Waals surface area contributed by atoms with E-state index in [1.54, 1.807) is 6.92 Å². The molecule has 3 aromatic rings. The molecule has 1 heterocycles. The lowest BCUT2D eigenvalue weighted by Crippen LogP contribution is -2.06. The molecule has 0 spiro atoms. The molecule has 0 saturated heterocycles. The lowest BCUT2D eigenvalue weighted by atomic mass is 10.1. The Morgan fingerprint density at radius 1 is 1.04 bits per heavy atom. The Bertz CT molecular complexity index is 935. The smallest absolute Gasteiger partial charge is 0.416 e. The van der Waals surface area contributed by atoms with Gasteiger partial charge in [0.1, 0.15) is 9.88 Å². The number of halogens is 3. The number of carbonyl (C=O) groups excluding carboxylic acids is 1. The summed E-state index contributed by atoms with van der Waals surface area (Å²) in [5, 5.41) is 0.500. The molecule has 28 heavy (non-hydrogen) atoms. The minimum absolute atomic E-state index is 0.241. The van der Waals surface area contributed by atoms with Gasteiger partial charge in [-0.1, -0.05) is 42.5 Å². The van der Waals surface area contributed by atoms with Gasteiger partial charge in [-0.3, -0.25) is 0 Å². The van der Waals surface area contributed by atoms with Crippen LogP contribution in [0.25, 0.3) is 10.6 Å². The van der Waals surface area contributed by atoms with Crippen LogP contribution in [0.15, 0.2) is 54.6 Å². The molecule has 2 aromatic carbocycles. The third kappa shape index (κ3) is 4.78. The first-order valence-electron chi connectivity index (χ1n) is 8.77. The highest BCUT2D eigenvalue weighted by molar-refractivity contribution is 7.17. The third-order valence-electron chi connectivity index (χ3n) is 4.11. The second kappa shape index (κ2) is 8.56. The number of aromatic nitrogens is 1. The van der Waals surface area contributed by atoms with Crippen molar-refractivity contribution in [2.45, 2.75) is 25.9 Å². The van der Waals surface area contributed by atoms with Gasteiger partial charge in [0.2, 0.25) is 0 Å². The number of thiazole rings is 1. The van der Waals surface area contributed by atoms with Crippen LogP contribution in [0, 0.1) is 0 Å². The quantitative estimate of drug-likeness (QED) is 0.487. The molecule has 3 rings (SSSR count). The van der Waals surface area contributed by atoms with Gasteiger partial charge < -0.3 is 4.74 Å². The van der Waals surface area contributed by atoms with Crippen molar-refractivity contribution < 1.29 is 22.7 Å². The fourth-order valence-electron chi connectivity index (χ4n) is 2.71. The van der Waals surface area contributed by atoms with Gasteiger partial charge in [0.25, 0.3) is 0 Å². The minimum atomic E-state index is -4.39. The molecule has 0 amide bonds. The molecule has 0 aliphatic carbocycles. The Labute approximate surface area is 164 Å². The Morgan fingerprint density at radius 2 is 1.71 bits per heavy atom. The van der Waals surface area contributed by atoms with Crippen LogP contribution in [-0.4, -0.2) is 17.6 Å². The monoisotopic (exact) mass is 405 g/mol. The number of hydrogen-bond donors (Lipinski definition) is 0. The highest BCUT2D eigenvalue weighted by atomic mass is 32.1. The summed E-state index contributed by atoms with van der Waals surface area (Å²) in [6, 6.07) is 14.6. The van der Waals surface area contributed by atoms with E-state index in [0.717, 1.165) is 29.0 Å². The molecule has 0 saturated carbocycles. The molecule has 1 aromatic heterocycles. The highest BCUT2D eigenvalue weighted by Crippen LogP contribution is 2.33. The number of aryl methyl sites for hydroxylation is 2. The van der Waals surface area contributed by atoms with Crippen molar-refractivity contribution in [3.63, 3.8) is 0 Å². The predicted molar refractivity (Wildman–Crippen MR) is 102 cm³/mol. The predicted octanol–water partition coefficient (Wildman–Crippen LogP) is 5.79. The third-order valence-corrected chi connectivity index (χ3v) is 5.24. The van der Waals surface area contributed by atoms with Crippen LogP contribution in [0.3, 0.4) is 0 Å². The summed E-state index contributed by atoms with van der Waals surface area (Å²) < 4.78 is 43.4. The summed E-state index contributed by atoms with van der Waals surface area (Å²) in [6.45, 7) is 1.96. The zero-order valence-electron chi connectivity index (χ0n) is 15.1. The number of nitrogens with zero attached hydrogens (tertiary/aromatic N) is 1. The van der Waals surface area contributed by atoms with Gasteiger partial charge in [-0.05, 0) is 37.5 Å². The number of carbonyl (C=O) groups is 1. The van der Waals surface area contributed by atoms with Crippen LogP contribution in [-0.2, 0) is 23.8 Å². The van der Waals surface area contributed by atoms with E-state index < -0.39 is 17.7 Å². The summed E-state index contributed by atoms with van der Waals surface area (Å²) >= 11 is 1.14. The first-order valence-corrected chi connectivity index (χ1v) is 9.58. The van der Waals surface area contributed by atoms with E-state index in [0.29, 0.717) is 34.0 Å². The fraction of sp³-hybridized carbons (Fsp3) is 0.238. The molecule has 0 aliphatic rings. The second-order valence-corrected chi connectivity index (χ2v) is 7.08. The number of esters is 1. The molecular formula is C21H18F3NO2S. The van der Waals surface area contributed by atoms with Crippen molar-refractivity contribution >= 4 is 17.3 Å². The van der Waals surface area contributed by atoms with Gasteiger partial charge in [0.05, 0.1) is 17.9 Å². The lowest BCUT2D eigenvalue weighted by molar-refractivity contribution is -0.137. The molecular weight excluding hydrogens is 387 g/mol. The first kappa shape index (κ1) is 20.1. The number of hydrogen-bond acceptors (Lipinski definition) is 4. The Balaban J connectivity index is 1.88. The van der Waals surface area contributed by atoms with E-state index in [-0.39, 0.29) is 6.61 Å². The Kier molecular flexibility index (Phi) is 6.14. The van der Waals surface area contributed by atoms with E-state index in [1.165, 1.54) is 12.1 Å². The molecule has 0 aliphatic heterocycles. The van der Waals surface area contributed by atoms with Crippen molar-refractivity contribution in [1.82, 2.24) is 4.98 Å². The van der Waals surface area contributed by atoms with Crippen molar-refractivity contribution in [1.29, 1.82) is 0 Å². The largest absolute Gasteiger partial charge is 0.462 e. The standard InChI is InChI=1S/C21H18F3NO2S/c1-2-27-20(26)18-17(13-8-14-6-4-3-5-7-14)25-19(28-18)15-9-11-16(12-10-15)21(22,23)24/h3-7,9-12H,2,8,13H2,1H3. The van der Waals surface area contributed by atoms with E-state index >= 15 is 0 Å². The summed E-state index contributed by atoms with van der Waals surface area (Å²) in [5.41, 5.74) is 1.53. The van der Waals surface area contributed by atoms with Crippen molar-refractivity contribution in [3.8, 4) is 10.6 Å². The number of alkyl halides is 3. The molecule has 3 nitrogen and oxygen atoms in total. The maximum atomic E-state index is 12.8. The average molecular weight is 405 g/mol. The lowest BCUT2D eigenvalue weighted by Gasteiger charge is -2.06. The normalized spacial score (nSPS) is 11.4. The maximum absolute atomic E-state index is 12.8. The summed E-state index contributed by atoms with van der Waals surface area (Å²) in [5.74, 6) is -0.457. The molecule has 7 heteroatoms. The second-order valence-electron chi connectivity index (χ2n) is 6.08. The van der Waals surface area contributed by atoms with Crippen LogP contribution in [0.1, 0.15) is 33.4 Å². The zero-order chi connectivity index (χ0) is 20.1. The van der Waals surface area contributed by atoms with Crippen molar-refractivity contribution in [3.05, 3.63) is 76.3 Å². The van der Waals surface area contributed by atoms with Crippen LogP contribution < -0.4 is 0 Å². The van der Waals surface area contributed by atoms with Gasteiger partial charge in [-0.15, -0.1) is 11.3 Å². The van der Waals surface area contributed by atoms with Gasteiger partial charge in [-0.2, -0.15) is 13.2 Å². The maximum Gasteiger partial charge on any atom is 0.416 e. The molecule has 0 bridgehead atoms. The highest BCUT2D eigenvalue weighted by Gasteiger charge is 2.30. The van der Waals surface area contributed by atoms with E-state index in [2.05, 4.69) is 4.98 Å². The Hall–Kier alpha value is -2.67. The molecule has 0 radical (unpaired) electrons. The molecule has 0 unspecified atom stereocenters. The minimum Gasteiger partial charge on any atom is -0.462 e. The van der Waals surface area contributed by atoms with Crippen LogP contribution in [0.5, 0.6) is 0 Å². The van der Waals surface area contributed by atoms with Gasteiger partial charge in [0.15, 0.2) is 0 Å². The number of rotatable bonds is 6. The van der Waals surface area contributed by atoms with Crippen molar-refractivity contribution in [2.24, 2.45) is 0 Å². The van der Waals surface area contributed by atoms with Gasteiger partial charge in [-0.25, -0.2) is 9.78 Å². The average Bonchev–Trinajstić information content (AvgIpc) is 3.11. The molecule has 0 atom stereocenters. The number of ether oxygens (including phenoxy) is 1. The van der Waals surface area contributed by atoms with Gasteiger partial charge >= 0.3 is 12.1 Å². The zero-order valence-corrected chi connectivity index (χ0v) is 15.9. The SMILES string of the molecule is CCOC(=O)c1sc(-c2ccc(C(F)(F)F)cc2)nc1CCc1ccccc1. The molecule has 146 valence electrons. The molecule has 0 fully saturated rings. The molecule has 0 N–H and O–H groups in total. The van der Waals surface area contributed by atoms with E-state index in [9.17, 15) is 18.0 Å². The topological polar surface area (TPSA) is 39.2 Å². The van der Waals surface area contributed by atoms with Crippen LogP contribution >= 0.6 is 11.3 Å². The summed E-state index contributed by atoms with van der Waals surface area (Å²) in [6.07, 6.45) is -3.16. The van der Waals surface area contributed by atoms with E-state index in [1.807, 2.05) is 30.3 Å². The van der Waals surface area contributed by atoms with Crippen molar-refractivity contribution in [2.75, 3.05) is 6.61 Å². The van der Waals surface area contributed by atoms with Crippen LogP contribution in [0.2, 0.25) is 0 Å². The van der Waals surface area contributed by atoms with Crippen LogP contribution in [0.4, 0.5) is 13.2 Å². The fourth-order valence-corrected chi connectivity index (χ4v) is 3.72. The van der Waals surface area contributed by atoms with Gasteiger partial charge in [0, 0.05) is 5.56 Å². The summed E-state index contributed by atoms with van der Waals surface area (Å²) in [7, 11) is 0. The first-order chi connectivity index (χ1) is 13.4. The van der Waals surface area contributed by atoms with E-state index in [4.69, 9.17) is 4.74 Å². The number of benzene rings is 2. The Morgan fingerprint density at radius 3 is 2.32 bits per heavy atom.